The molecule has 0 bridgehead atoms. The van der Waals surface area contributed by atoms with E-state index >= 15 is 0 Å². The van der Waals surface area contributed by atoms with Crippen LogP contribution in [0.15, 0.2) is 0 Å². The average Bonchev–Trinajstić information content (AvgIpc) is 2.39. The molecule has 0 aromatic carbocycles. The monoisotopic (exact) mass is 257 g/mol. The molecule has 0 radical (unpaired) electrons. The number of hydrogen-bond donors (Lipinski definition) is 1. The van der Waals surface area contributed by atoms with Crippen LogP contribution in [0.3, 0.4) is 0 Å². The van der Waals surface area contributed by atoms with E-state index in [1.165, 1.54) is 56.6 Å². The lowest BCUT2D eigenvalue weighted by atomic mass is 9.74. The molecule has 1 nitrogen and oxygen atoms in total. The Bertz CT molecular complexity index is 176. The molecule has 0 spiro atoms. The summed E-state index contributed by atoms with van der Waals surface area (Å²) in [5.41, 5.74) is 0. The molecular formula is C15H31NS. The van der Waals surface area contributed by atoms with E-state index in [1.54, 1.807) is 0 Å². The van der Waals surface area contributed by atoms with Crippen molar-refractivity contribution < 1.29 is 0 Å². The third kappa shape index (κ3) is 5.21. The van der Waals surface area contributed by atoms with Crippen LogP contribution in [-0.4, -0.2) is 24.1 Å². The molecule has 3 unspecified atom stereocenters. The molecule has 1 fully saturated rings. The number of rotatable bonds is 8. The van der Waals surface area contributed by atoms with Crippen LogP contribution in [-0.2, 0) is 0 Å². The minimum atomic E-state index is 0.769. The standard InChI is InChI=1S/C15H31NS/c1-4-11-16-15(12-17-6-3)14-10-8-7-9-13(14)5-2/h13-16H,4-12H2,1-3H3. The minimum Gasteiger partial charge on any atom is -0.313 e. The fraction of sp³-hybridized carbons (Fsp3) is 1.00. The number of hydrogen-bond acceptors (Lipinski definition) is 2. The van der Waals surface area contributed by atoms with Crippen LogP contribution in [0.1, 0.15) is 59.3 Å². The summed E-state index contributed by atoms with van der Waals surface area (Å²) >= 11 is 2.11. The Morgan fingerprint density at radius 2 is 1.94 bits per heavy atom. The molecular weight excluding hydrogens is 226 g/mol. The van der Waals surface area contributed by atoms with Crippen LogP contribution in [0.25, 0.3) is 0 Å². The van der Waals surface area contributed by atoms with E-state index in [0.717, 1.165) is 17.9 Å². The second kappa shape index (κ2) is 9.27. The fourth-order valence-electron chi connectivity index (χ4n) is 3.18. The van der Waals surface area contributed by atoms with E-state index < -0.39 is 0 Å². The van der Waals surface area contributed by atoms with Crippen LogP contribution in [0.4, 0.5) is 0 Å². The van der Waals surface area contributed by atoms with Crippen LogP contribution < -0.4 is 5.32 Å². The summed E-state index contributed by atoms with van der Waals surface area (Å²) in [6.07, 6.45) is 8.51. The van der Waals surface area contributed by atoms with Crippen molar-refractivity contribution in [3.63, 3.8) is 0 Å². The molecule has 1 N–H and O–H groups in total. The Morgan fingerprint density at radius 1 is 1.18 bits per heavy atom. The van der Waals surface area contributed by atoms with Gasteiger partial charge < -0.3 is 5.32 Å². The highest BCUT2D eigenvalue weighted by molar-refractivity contribution is 7.99. The second-order valence-corrected chi connectivity index (χ2v) is 6.66. The van der Waals surface area contributed by atoms with Gasteiger partial charge in [-0.25, -0.2) is 0 Å². The summed E-state index contributed by atoms with van der Waals surface area (Å²) < 4.78 is 0. The molecule has 0 aromatic heterocycles. The molecule has 1 aliphatic carbocycles. The average molecular weight is 257 g/mol. The maximum absolute atomic E-state index is 3.82. The molecule has 0 saturated heterocycles. The zero-order valence-corrected chi connectivity index (χ0v) is 12.8. The molecule has 1 rings (SSSR count). The highest BCUT2D eigenvalue weighted by Gasteiger charge is 2.30. The molecule has 1 saturated carbocycles. The van der Waals surface area contributed by atoms with Gasteiger partial charge >= 0.3 is 0 Å². The minimum absolute atomic E-state index is 0.769. The largest absolute Gasteiger partial charge is 0.313 e. The van der Waals surface area contributed by atoms with E-state index in [9.17, 15) is 0 Å². The summed E-state index contributed by atoms with van der Waals surface area (Å²) in [7, 11) is 0. The van der Waals surface area contributed by atoms with Crippen molar-refractivity contribution in [2.45, 2.75) is 65.3 Å². The summed E-state index contributed by atoms with van der Waals surface area (Å²) in [5.74, 6) is 4.50. The van der Waals surface area contributed by atoms with Gasteiger partial charge in [0.15, 0.2) is 0 Å². The lowest BCUT2D eigenvalue weighted by Crippen LogP contribution is -2.43. The maximum Gasteiger partial charge on any atom is 0.0189 e. The van der Waals surface area contributed by atoms with Gasteiger partial charge in [-0.1, -0.05) is 46.5 Å². The summed E-state index contributed by atoms with van der Waals surface area (Å²) in [4.78, 5) is 0. The van der Waals surface area contributed by atoms with Crippen LogP contribution in [0, 0.1) is 11.8 Å². The van der Waals surface area contributed by atoms with Crippen molar-refractivity contribution in [2.75, 3.05) is 18.1 Å². The van der Waals surface area contributed by atoms with Gasteiger partial charge in [0, 0.05) is 11.8 Å². The van der Waals surface area contributed by atoms with Crippen LogP contribution >= 0.6 is 11.8 Å². The zero-order valence-electron chi connectivity index (χ0n) is 12.0. The zero-order chi connectivity index (χ0) is 12.5. The first kappa shape index (κ1) is 15.4. The SMILES string of the molecule is CCCNC(CSCC)C1CCCCC1CC. The lowest BCUT2D eigenvalue weighted by molar-refractivity contribution is 0.185. The van der Waals surface area contributed by atoms with Gasteiger partial charge in [0.2, 0.25) is 0 Å². The summed E-state index contributed by atoms with van der Waals surface area (Å²) in [6, 6.07) is 0.769. The van der Waals surface area contributed by atoms with Crippen molar-refractivity contribution in [1.82, 2.24) is 5.32 Å². The van der Waals surface area contributed by atoms with Crippen molar-refractivity contribution in [2.24, 2.45) is 11.8 Å². The Balaban J connectivity index is 2.51. The first-order chi connectivity index (χ1) is 8.33. The summed E-state index contributed by atoms with van der Waals surface area (Å²) in [6.45, 7) is 8.13. The summed E-state index contributed by atoms with van der Waals surface area (Å²) in [5, 5.41) is 3.82. The second-order valence-electron chi connectivity index (χ2n) is 5.34. The van der Waals surface area contributed by atoms with Gasteiger partial charge in [0.25, 0.3) is 0 Å². The molecule has 0 aromatic rings. The van der Waals surface area contributed by atoms with Crippen molar-refractivity contribution in [3.05, 3.63) is 0 Å². The number of thioether (sulfide) groups is 1. The Hall–Kier alpha value is 0.310. The normalized spacial score (nSPS) is 27.0. The van der Waals surface area contributed by atoms with Crippen molar-refractivity contribution in [3.8, 4) is 0 Å². The molecule has 102 valence electrons. The lowest BCUT2D eigenvalue weighted by Gasteiger charge is -2.37. The van der Waals surface area contributed by atoms with Gasteiger partial charge in [0.1, 0.15) is 0 Å². The highest BCUT2D eigenvalue weighted by Crippen LogP contribution is 2.35. The van der Waals surface area contributed by atoms with Gasteiger partial charge in [0.05, 0.1) is 0 Å². The van der Waals surface area contributed by atoms with E-state index in [2.05, 4.69) is 37.8 Å². The Labute approximate surface area is 113 Å². The van der Waals surface area contributed by atoms with Crippen molar-refractivity contribution in [1.29, 1.82) is 0 Å². The van der Waals surface area contributed by atoms with E-state index in [4.69, 9.17) is 0 Å². The smallest absolute Gasteiger partial charge is 0.0189 e. The fourth-order valence-corrected chi connectivity index (χ4v) is 4.04. The predicted octanol–water partition coefficient (Wildman–Crippen LogP) is 4.32. The van der Waals surface area contributed by atoms with E-state index in [1.807, 2.05) is 0 Å². The van der Waals surface area contributed by atoms with Gasteiger partial charge in [-0.2, -0.15) is 11.8 Å². The van der Waals surface area contributed by atoms with Crippen LogP contribution in [0.5, 0.6) is 0 Å². The van der Waals surface area contributed by atoms with E-state index in [-0.39, 0.29) is 0 Å². The molecule has 0 amide bonds. The molecule has 3 atom stereocenters. The quantitative estimate of drug-likeness (QED) is 0.695. The topological polar surface area (TPSA) is 12.0 Å². The highest BCUT2D eigenvalue weighted by atomic mass is 32.2. The Kier molecular flexibility index (Phi) is 8.38. The first-order valence-electron chi connectivity index (χ1n) is 7.64. The molecule has 2 heteroatoms. The molecule has 0 heterocycles. The first-order valence-corrected chi connectivity index (χ1v) is 8.80. The predicted molar refractivity (Wildman–Crippen MR) is 80.8 cm³/mol. The van der Waals surface area contributed by atoms with Crippen molar-refractivity contribution >= 4 is 11.8 Å². The van der Waals surface area contributed by atoms with Gasteiger partial charge in [-0.3, -0.25) is 0 Å². The molecule has 0 aliphatic heterocycles. The maximum atomic E-state index is 3.82. The molecule has 17 heavy (non-hydrogen) atoms. The Morgan fingerprint density at radius 3 is 2.59 bits per heavy atom. The third-order valence-electron chi connectivity index (χ3n) is 4.17. The van der Waals surface area contributed by atoms with Gasteiger partial charge in [-0.05, 0) is 37.0 Å². The molecule has 1 aliphatic rings. The van der Waals surface area contributed by atoms with Crippen LogP contribution in [0.2, 0.25) is 0 Å². The van der Waals surface area contributed by atoms with Gasteiger partial charge in [-0.15, -0.1) is 0 Å². The number of nitrogens with one attached hydrogen (secondary N) is 1. The third-order valence-corrected chi connectivity index (χ3v) is 5.17. The van der Waals surface area contributed by atoms with E-state index in [0.29, 0.717) is 0 Å².